The predicted molar refractivity (Wildman–Crippen MR) is 72.8 cm³/mol. The third kappa shape index (κ3) is 3.99. The quantitative estimate of drug-likeness (QED) is 0.733. The minimum Gasteiger partial charge on any atom is -0.368 e. The van der Waals surface area contributed by atoms with Gasteiger partial charge in [0.1, 0.15) is 0 Å². The molecule has 0 aliphatic heterocycles. The van der Waals surface area contributed by atoms with E-state index in [0.29, 0.717) is 5.95 Å². The van der Waals surface area contributed by atoms with Crippen LogP contribution in [0, 0.1) is 0 Å². The molecule has 17 heavy (non-hydrogen) atoms. The molecule has 1 unspecified atom stereocenters. The van der Waals surface area contributed by atoms with E-state index in [9.17, 15) is 0 Å². The standard InChI is InChI=1S/C14H25N3/c1-4-6-7-8-9-14(3,5-2)12-10-16-13(15)17-11-12/h10-11H,4-9H2,1-3H3,(H2,15,16,17). The molecule has 0 amide bonds. The minimum absolute atomic E-state index is 0.196. The molecule has 96 valence electrons. The summed E-state index contributed by atoms with van der Waals surface area (Å²) < 4.78 is 0. The lowest BCUT2D eigenvalue weighted by atomic mass is 9.77. The van der Waals surface area contributed by atoms with E-state index >= 15 is 0 Å². The number of nitrogens with zero attached hydrogens (tertiary/aromatic N) is 2. The van der Waals surface area contributed by atoms with Gasteiger partial charge in [-0.3, -0.25) is 0 Å². The number of hydrogen-bond donors (Lipinski definition) is 1. The molecule has 0 fully saturated rings. The van der Waals surface area contributed by atoms with Crippen molar-refractivity contribution in [2.45, 2.75) is 64.7 Å². The van der Waals surface area contributed by atoms with Crippen molar-refractivity contribution in [2.75, 3.05) is 5.73 Å². The second-order valence-corrected chi connectivity index (χ2v) is 5.05. The monoisotopic (exact) mass is 235 g/mol. The number of rotatable bonds is 7. The van der Waals surface area contributed by atoms with E-state index in [4.69, 9.17) is 5.73 Å². The first-order valence-corrected chi connectivity index (χ1v) is 6.70. The van der Waals surface area contributed by atoms with Gasteiger partial charge in [0.05, 0.1) is 0 Å². The fourth-order valence-electron chi connectivity index (χ4n) is 2.12. The van der Waals surface area contributed by atoms with E-state index in [1.54, 1.807) is 0 Å². The third-order valence-corrected chi connectivity index (χ3v) is 3.73. The molecule has 0 aliphatic carbocycles. The SMILES string of the molecule is CCCCCCC(C)(CC)c1cnc(N)nc1. The smallest absolute Gasteiger partial charge is 0.219 e. The Labute approximate surface area is 105 Å². The van der Waals surface area contributed by atoms with Crippen molar-refractivity contribution in [3.05, 3.63) is 18.0 Å². The number of hydrogen-bond acceptors (Lipinski definition) is 3. The van der Waals surface area contributed by atoms with Crippen molar-refractivity contribution < 1.29 is 0 Å². The lowest BCUT2D eigenvalue weighted by Gasteiger charge is -2.28. The first kappa shape index (κ1) is 13.9. The van der Waals surface area contributed by atoms with Crippen LogP contribution < -0.4 is 5.73 Å². The maximum Gasteiger partial charge on any atom is 0.219 e. The highest BCUT2D eigenvalue weighted by Gasteiger charge is 2.24. The number of nitrogens with two attached hydrogens (primary N) is 1. The van der Waals surface area contributed by atoms with E-state index < -0.39 is 0 Å². The molecule has 0 spiro atoms. The highest BCUT2D eigenvalue weighted by Crippen LogP contribution is 2.32. The zero-order valence-electron chi connectivity index (χ0n) is 11.4. The van der Waals surface area contributed by atoms with Crippen LogP contribution in [0.4, 0.5) is 5.95 Å². The molecule has 3 nitrogen and oxygen atoms in total. The zero-order chi connectivity index (χ0) is 12.7. The molecule has 0 bridgehead atoms. The average Bonchev–Trinajstić information content (AvgIpc) is 2.35. The first-order chi connectivity index (χ1) is 8.12. The Morgan fingerprint density at radius 2 is 1.76 bits per heavy atom. The van der Waals surface area contributed by atoms with Crippen LogP contribution in [0.2, 0.25) is 0 Å². The van der Waals surface area contributed by atoms with Gasteiger partial charge in [0.15, 0.2) is 0 Å². The molecular weight excluding hydrogens is 210 g/mol. The molecule has 1 aromatic heterocycles. The Hall–Kier alpha value is -1.12. The van der Waals surface area contributed by atoms with Crippen LogP contribution in [0.25, 0.3) is 0 Å². The van der Waals surface area contributed by atoms with Crippen molar-refractivity contribution in [1.29, 1.82) is 0 Å². The summed E-state index contributed by atoms with van der Waals surface area (Å²) in [5.41, 5.74) is 6.94. The first-order valence-electron chi connectivity index (χ1n) is 6.70. The van der Waals surface area contributed by atoms with Crippen LogP contribution in [0.3, 0.4) is 0 Å². The summed E-state index contributed by atoms with van der Waals surface area (Å²) >= 11 is 0. The number of aromatic nitrogens is 2. The number of nitrogen functional groups attached to an aromatic ring is 1. The molecule has 2 N–H and O–H groups in total. The molecule has 1 heterocycles. The summed E-state index contributed by atoms with van der Waals surface area (Å²) in [6.07, 6.45) is 11.3. The maximum absolute atomic E-state index is 5.53. The number of anilines is 1. The molecule has 3 heteroatoms. The molecule has 1 aromatic rings. The van der Waals surface area contributed by atoms with Gasteiger partial charge >= 0.3 is 0 Å². The van der Waals surface area contributed by atoms with Gasteiger partial charge in [0, 0.05) is 12.4 Å². The molecule has 0 aliphatic rings. The molecule has 0 saturated carbocycles. The predicted octanol–water partition coefficient (Wildman–Crippen LogP) is 3.70. The van der Waals surface area contributed by atoms with Crippen LogP contribution in [-0.2, 0) is 5.41 Å². The summed E-state index contributed by atoms with van der Waals surface area (Å²) in [6, 6.07) is 0. The van der Waals surface area contributed by atoms with E-state index in [1.807, 2.05) is 12.4 Å². The van der Waals surface area contributed by atoms with Crippen LogP contribution in [0.5, 0.6) is 0 Å². The summed E-state index contributed by atoms with van der Waals surface area (Å²) in [7, 11) is 0. The Bertz CT molecular complexity index is 321. The molecule has 0 saturated heterocycles. The lowest BCUT2D eigenvalue weighted by molar-refractivity contribution is 0.394. The molecule has 1 atom stereocenters. The summed E-state index contributed by atoms with van der Waals surface area (Å²) in [4.78, 5) is 8.21. The van der Waals surface area contributed by atoms with Gasteiger partial charge in [-0.2, -0.15) is 0 Å². The highest BCUT2D eigenvalue weighted by molar-refractivity contribution is 5.23. The highest BCUT2D eigenvalue weighted by atomic mass is 15.0. The molecule has 1 rings (SSSR count). The van der Waals surface area contributed by atoms with Crippen molar-refractivity contribution >= 4 is 5.95 Å². The van der Waals surface area contributed by atoms with Crippen molar-refractivity contribution in [3.8, 4) is 0 Å². The van der Waals surface area contributed by atoms with Crippen LogP contribution in [0.1, 0.15) is 64.9 Å². The van der Waals surface area contributed by atoms with Crippen molar-refractivity contribution in [2.24, 2.45) is 0 Å². The van der Waals surface area contributed by atoms with Crippen LogP contribution in [-0.4, -0.2) is 9.97 Å². The maximum atomic E-state index is 5.53. The lowest BCUT2D eigenvalue weighted by Crippen LogP contribution is -2.21. The summed E-state index contributed by atoms with van der Waals surface area (Å²) in [6.45, 7) is 6.77. The van der Waals surface area contributed by atoms with Gasteiger partial charge < -0.3 is 5.73 Å². The van der Waals surface area contributed by atoms with E-state index in [2.05, 4.69) is 30.7 Å². The second-order valence-electron chi connectivity index (χ2n) is 5.05. The Morgan fingerprint density at radius 1 is 1.12 bits per heavy atom. The molecular formula is C14H25N3. The normalized spacial score (nSPS) is 14.5. The van der Waals surface area contributed by atoms with Gasteiger partial charge in [0.25, 0.3) is 0 Å². The van der Waals surface area contributed by atoms with Crippen LogP contribution >= 0.6 is 0 Å². The van der Waals surface area contributed by atoms with E-state index in [1.165, 1.54) is 37.7 Å². The van der Waals surface area contributed by atoms with Crippen LogP contribution in [0.15, 0.2) is 12.4 Å². The van der Waals surface area contributed by atoms with Gasteiger partial charge in [-0.15, -0.1) is 0 Å². The van der Waals surface area contributed by atoms with Gasteiger partial charge in [-0.05, 0) is 23.8 Å². The Morgan fingerprint density at radius 3 is 2.29 bits per heavy atom. The second kappa shape index (κ2) is 6.58. The zero-order valence-corrected chi connectivity index (χ0v) is 11.4. The van der Waals surface area contributed by atoms with E-state index in [0.717, 1.165) is 6.42 Å². The largest absolute Gasteiger partial charge is 0.368 e. The fraction of sp³-hybridized carbons (Fsp3) is 0.714. The van der Waals surface area contributed by atoms with Gasteiger partial charge in [0.2, 0.25) is 5.95 Å². The van der Waals surface area contributed by atoms with E-state index in [-0.39, 0.29) is 5.41 Å². The molecule has 0 aromatic carbocycles. The van der Waals surface area contributed by atoms with Crippen molar-refractivity contribution in [3.63, 3.8) is 0 Å². The number of unbranched alkanes of at least 4 members (excludes halogenated alkanes) is 3. The Balaban J connectivity index is 2.63. The fourth-order valence-corrected chi connectivity index (χ4v) is 2.12. The summed E-state index contributed by atoms with van der Waals surface area (Å²) in [5.74, 6) is 0.359. The Kier molecular flexibility index (Phi) is 5.39. The third-order valence-electron chi connectivity index (χ3n) is 3.73. The average molecular weight is 235 g/mol. The van der Waals surface area contributed by atoms with Gasteiger partial charge in [-0.25, -0.2) is 9.97 Å². The van der Waals surface area contributed by atoms with Gasteiger partial charge in [-0.1, -0.05) is 46.5 Å². The minimum atomic E-state index is 0.196. The topological polar surface area (TPSA) is 51.8 Å². The van der Waals surface area contributed by atoms with Crippen molar-refractivity contribution in [1.82, 2.24) is 9.97 Å². The molecule has 0 radical (unpaired) electrons. The summed E-state index contributed by atoms with van der Waals surface area (Å²) in [5, 5.41) is 0.